The van der Waals surface area contributed by atoms with Crippen molar-refractivity contribution in [1.82, 2.24) is 10.2 Å². The maximum Gasteiger partial charge on any atom is 0.224 e. The molecule has 6 nitrogen and oxygen atoms in total. The van der Waals surface area contributed by atoms with Crippen LogP contribution in [-0.2, 0) is 16.1 Å². The van der Waals surface area contributed by atoms with Crippen LogP contribution in [0.3, 0.4) is 0 Å². The van der Waals surface area contributed by atoms with Crippen LogP contribution in [0, 0.1) is 11.3 Å². The zero-order valence-electron chi connectivity index (χ0n) is 16.6. The third kappa shape index (κ3) is 7.65. The molecule has 7 heteroatoms. The van der Waals surface area contributed by atoms with Gasteiger partial charge in [-0.1, -0.05) is 30.3 Å². The minimum Gasteiger partial charge on any atom is -0.376 e. The standard InChI is InChI=1S/C20H32N4O2.HI/c1-4-22-19(23-15-20(2,3)18(21)25)24-11-10-17(12-24)14-26-13-16-8-6-5-7-9-16;/h5-9,17H,4,10-15H2,1-3H3,(H2,21,25)(H,22,23);1H. The van der Waals surface area contributed by atoms with Crippen molar-refractivity contribution in [3.63, 3.8) is 0 Å². The predicted octanol–water partition coefficient (Wildman–Crippen LogP) is 2.62. The Kier molecular flexibility index (Phi) is 10.1. The molecule has 152 valence electrons. The van der Waals surface area contributed by atoms with Crippen molar-refractivity contribution >= 4 is 35.8 Å². The van der Waals surface area contributed by atoms with E-state index < -0.39 is 5.41 Å². The van der Waals surface area contributed by atoms with Crippen LogP contribution >= 0.6 is 24.0 Å². The number of rotatable bonds is 8. The molecule has 1 aromatic rings. The van der Waals surface area contributed by atoms with Gasteiger partial charge in [-0.3, -0.25) is 9.79 Å². The topological polar surface area (TPSA) is 79.9 Å². The van der Waals surface area contributed by atoms with E-state index in [2.05, 4.69) is 27.3 Å². The Morgan fingerprint density at radius 2 is 2.07 bits per heavy atom. The zero-order chi connectivity index (χ0) is 19.0. The van der Waals surface area contributed by atoms with E-state index in [1.54, 1.807) is 0 Å². The Morgan fingerprint density at radius 3 is 2.70 bits per heavy atom. The fourth-order valence-corrected chi connectivity index (χ4v) is 2.86. The fourth-order valence-electron chi connectivity index (χ4n) is 2.86. The van der Waals surface area contributed by atoms with Crippen LogP contribution in [0.2, 0.25) is 0 Å². The molecule has 1 aliphatic rings. The highest BCUT2D eigenvalue weighted by Crippen LogP contribution is 2.19. The van der Waals surface area contributed by atoms with E-state index >= 15 is 0 Å². The van der Waals surface area contributed by atoms with E-state index in [1.807, 2.05) is 39.0 Å². The molecule has 0 bridgehead atoms. The number of ether oxygens (including phenoxy) is 1. The van der Waals surface area contributed by atoms with Gasteiger partial charge in [0.2, 0.25) is 5.91 Å². The number of hydrogen-bond acceptors (Lipinski definition) is 3. The van der Waals surface area contributed by atoms with E-state index in [1.165, 1.54) is 5.56 Å². The first-order chi connectivity index (χ1) is 12.4. The molecule has 2 rings (SSSR count). The number of aliphatic imine (C=N–C) groups is 1. The Labute approximate surface area is 179 Å². The van der Waals surface area contributed by atoms with Crippen molar-refractivity contribution < 1.29 is 9.53 Å². The summed E-state index contributed by atoms with van der Waals surface area (Å²) in [4.78, 5) is 18.4. The van der Waals surface area contributed by atoms with Gasteiger partial charge in [0.1, 0.15) is 0 Å². The first-order valence-electron chi connectivity index (χ1n) is 9.37. The number of carbonyl (C=O) groups is 1. The molecular weight excluding hydrogens is 455 g/mol. The average Bonchev–Trinajstić information content (AvgIpc) is 3.08. The summed E-state index contributed by atoms with van der Waals surface area (Å²) in [5, 5.41) is 3.32. The van der Waals surface area contributed by atoms with Gasteiger partial charge in [-0.2, -0.15) is 0 Å². The maximum atomic E-state index is 11.5. The smallest absolute Gasteiger partial charge is 0.224 e. The summed E-state index contributed by atoms with van der Waals surface area (Å²) in [6.07, 6.45) is 1.08. The third-order valence-corrected chi connectivity index (χ3v) is 4.68. The Hall–Kier alpha value is -1.35. The van der Waals surface area contributed by atoms with Crippen molar-refractivity contribution in [2.45, 2.75) is 33.8 Å². The quantitative estimate of drug-likeness (QED) is 0.335. The molecule has 1 atom stereocenters. The van der Waals surface area contributed by atoms with Crippen LogP contribution in [0.15, 0.2) is 35.3 Å². The summed E-state index contributed by atoms with van der Waals surface area (Å²) in [6.45, 7) is 10.1. The van der Waals surface area contributed by atoms with Crippen molar-refractivity contribution in [3.8, 4) is 0 Å². The van der Waals surface area contributed by atoms with Gasteiger partial charge >= 0.3 is 0 Å². The summed E-state index contributed by atoms with van der Waals surface area (Å²) >= 11 is 0. The lowest BCUT2D eigenvalue weighted by molar-refractivity contribution is -0.125. The first kappa shape index (κ1) is 23.7. The molecule has 1 aromatic carbocycles. The lowest BCUT2D eigenvalue weighted by Crippen LogP contribution is -2.42. The number of nitrogens with one attached hydrogen (secondary N) is 1. The number of halogens is 1. The zero-order valence-corrected chi connectivity index (χ0v) is 18.9. The highest BCUT2D eigenvalue weighted by molar-refractivity contribution is 14.0. The van der Waals surface area contributed by atoms with Gasteiger partial charge in [0.15, 0.2) is 5.96 Å². The summed E-state index contributed by atoms with van der Waals surface area (Å²) in [7, 11) is 0. The van der Waals surface area contributed by atoms with Gasteiger partial charge in [0.05, 0.1) is 25.2 Å². The van der Waals surface area contributed by atoms with Crippen LogP contribution in [0.1, 0.15) is 32.8 Å². The number of nitrogens with two attached hydrogens (primary N) is 1. The second kappa shape index (κ2) is 11.5. The number of amides is 1. The largest absolute Gasteiger partial charge is 0.376 e. The number of likely N-dealkylation sites (tertiary alicyclic amines) is 1. The SMILES string of the molecule is CCNC(=NCC(C)(C)C(N)=O)N1CCC(COCc2ccccc2)C1.I. The number of hydrogen-bond donors (Lipinski definition) is 2. The summed E-state index contributed by atoms with van der Waals surface area (Å²) in [5.74, 6) is 1.02. The molecule has 1 unspecified atom stereocenters. The van der Waals surface area contributed by atoms with Gasteiger partial charge in [-0.15, -0.1) is 24.0 Å². The summed E-state index contributed by atoms with van der Waals surface area (Å²) in [6, 6.07) is 10.2. The van der Waals surface area contributed by atoms with Crippen LogP contribution < -0.4 is 11.1 Å². The molecule has 1 saturated heterocycles. The number of nitrogens with zero attached hydrogens (tertiary/aromatic N) is 2. The van der Waals surface area contributed by atoms with Crippen molar-refractivity contribution in [3.05, 3.63) is 35.9 Å². The lowest BCUT2D eigenvalue weighted by Gasteiger charge is -2.24. The molecule has 0 aromatic heterocycles. The molecule has 3 N–H and O–H groups in total. The minimum absolute atomic E-state index is 0. The number of primary amides is 1. The molecule has 0 saturated carbocycles. The Morgan fingerprint density at radius 1 is 1.37 bits per heavy atom. The van der Waals surface area contributed by atoms with E-state index in [-0.39, 0.29) is 29.9 Å². The third-order valence-electron chi connectivity index (χ3n) is 4.68. The first-order valence-corrected chi connectivity index (χ1v) is 9.37. The minimum atomic E-state index is -0.640. The monoisotopic (exact) mass is 488 g/mol. The number of carbonyl (C=O) groups excluding carboxylic acids is 1. The molecule has 27 heavy (non-hydrogen) atoms. The van der Waals surface area contributed by atoms with Gasteiger partial charge in [-0.05, 0) is 32.8 Å². The van der Waals surface area contributed by atoms with Crippen LogP contribution in [0.25, 0.3) is 0 Å². The molecule has 1 fully saturated rings. The van der Waals surface area contributed by atoms with E-state index in [9.17, 15) is 4.79 Å². The summed E-state index contributed by atoms with van der Waals surface area (Å²) in [5.41, 5.74) is 6.01. The molecule has 1 aliphatic heterocycles. The van der Waals surface area contributed by atoms with Gasteiger partial charge in [0.25, 0.3) is 0 Å². The van der Waals surface area contributed by atoms with Crippen LogP contribution in [0.5, 0.6) is 0 Å². The van der Waals surface area contributed by atoms with Gasteiger partial charge in [-0.25, -0.2) is 0 Å². The summed E-state index contributed by atoms with van der Waals surface area (Å²) < 4.78 is 5.89. The fraction of sp³-hybridized carbons (Fsp3) is 0.600. The van der Waals surface area contributed by atoms with Crippen molar-refractivity contribution in [2.24, 2.45) is 22.1 Å². The van der Waals surface area contributed by atoms with Crippen molar-refractivity contribution in [2.75, 3.05) is 32.8 Å². The average molecular weight is 488 g/mol. The van der Waals surface area contributed by atoms with E-state index in [0.29, 0.717) is 19.1 Å². The molecule has 1 heterocycles. The van der Waals surface area contributed by atoms with Crippen LogP contribution in [0.4, 0.5) is 0 Å². The Balaban J connectivity index is 0.00000364. The normalized spacial score (nSPS) is 17.5. The molecular formula is C20H33IN4O2. The highest BCUT2D eigenvalue weighted by Gasteiger charge is 2.28. The molecule has 0 radical (unpaired) electrons. The van der Waals surface area contributed by atoms with Crippen molar-refractivity contribution in [1.29, 1.82) is 0 Å². The predicted molar refractivity (Wildman–Crippen MR) is 120 cm³/mol. The molecule has 1 amide bonds. The second-order valence-electron chi connectivity index (χ2n) is 7.52. The van der Waals surface area contributed by atoms with E-state index in [0.717, 1.165) is 38.6 Å². The van der Waals surface area contributed by atoms with Crippen LogP contribution in [-0.4, -0.2) is 49.6 Å². The molecule has 0 aliphatic carbocycles. The number of guanidine groups is 1. The van der Waals surface area contributed by atoms with Gasteiger partial charge in [0, 0.05) is 25.6 Å². The second-order valence-corrected chi connectivity index (χ2v) is 7.52. The Bertz CT molecular complexity index is 607. The van der Waals surface area contributed by atoms with Gasteiger partial charge < -0.3 is 20.7 Å². The maximum absolute atomic E-state index is 11.5. The lowest BCUT2D eigenvalue weighted by atomic mass is 9.93. The number of benzene rings is 1. The van der Waals surface area contributed by atoms with E-state index in [4.69, 9.17) is 10.5 Å². The highest BCUT2D eigenvalue weighted by atomic mass is 127. The molecule has 0 spiro atoms.